The van der Waals surface area contributed by atoms with Crippen molar-refractivity contribution >= 4 is 5.91 Å². The third-order valence-electron chi connectivity index (χ3n) is 4.54. The highest BCUT2D eigenvalue weighted by molar-refractivity contribution is 5.95. The van der Waals surface area contributed by atoms with Crippen LogP contribution >= 0.6 is 0 Å². The molecule has 1 aromatic carbocycles. The average molecular weight is 358 g/mol. The lowest BCUT2D eigenvalue weighted by Crippen LogP contribution is -2.49. The summed E-state index contributed by atoms with van der Waals surface area (Å²) in [5.74, 6) is 0.942. The molecule has 3 N–H and O–H groups in total. The Morgan fingerprint density at radius 2 is 1.92 bits per heavy atom. The van der Waals surface area contributed by atoms with Gasteiger partial charge < -0.3 is 15.6 Å². The summed E-state index contributed by atoms with van der Waals surface area (Å²) in [7, 11) is 0. The first kappa shape index (κ1) is 20.1. The summed E-state index contributed by atoms with van der Waals surface area (Å²) in [6.45, 7) is 10.9. The van der Waals surface area contributed by atoms with E-state index in [9.17, 15) is 4.79 Å². The first-order valence-corrected chi connectivity index (χ1v) is 9.16. The second kappa shape index (κ2) is 7.99. The molecule has 0 bridgehead atoms. The molecule has 0 aliphatic carbocycles. The van der Waals surface area contributed by atoms with Crippen LogP contribution < -0.4 is 11.1 Å². The molecule has 0 saturated carbocycles. The first-order chi connectivity index (χ1) is 12.2. The number of aromatic nitrogens is 2. The molecule has 6 nitrogen and oxygen atoms in total. The highest BCUT2D eigenvalue weighted by Gasteiger charge is 2.22. The highest BCUT2D eigenvalue weighted by atomic mass is 16.5. The van der Waals surface area contributed by atoms with Gasteiger partial charge >= 0.3 is 0 Å². The molecule has 1 aromatic heterocycles. The Kier molecular flexibility index (Phi) is 6.18. The number of hydrogen-bond acceptors (Lipinski definition) is 5. The fourth-order valence-electron chi connectivity index (χ4n) is 2.56. The van der Waals surface area contributed by atoms with E-state index in [0.29, 0.717) is 30.2 Å². The van der Waals surface area contributed by atoms with E-state index in [-0.39, 0.29) is 16.9 Å². The van der Waals surface area contributed by atoms with Crippen molar-refractivity contribution in [2.75, 3.05) is 6.54 Å². The Labute approximate surface area is 155 Å². The fourth-order valence-corrected chi connectivity index (χ4v) is 2.56. The fraction of sp³-hybridized carbons (Fsp3) is 0.550. The largest absolute Gasteiger partial charge is 0.350 e. The van der Waals surface area contributed by atoms with Crippen LogP contribution in [0.2, 0.25) is 0 Å². The van der Waals surface area contributed by atoms with E-state index in [0.717, 1.165) is 18.4 Å². The van der Waals surface area contributed by atoms with Gasteiger partial charge in [0.15, 0.2) is 0 Å². The Morgan fingerprint density at radius 1 is 1.23 bits per heavy atom. The molecule has 2 rings (SSSR count). The van der Waals surface area contributed by atoms with Gasteiger partial charge in [-0.2, -0.15) is 4.98 Å². The maximum atomic E-state index is 12.5. The second-order valence-corrected chi connectivity index (χ2v) is 8.08. The molecule has 1 heterocycles. The number of nitrogens with two attached hydrogens (primary N) is 1. The molecule has 0 unspecified atom stereocenters. The topological polar surface area (TPSA) is 94.0 Å². The predicted molar refractivity (Wildman–Crippen MR) is 103 cm³/mol. The number of carbonyl (C=O) groups is 1. The minimum absolute atomic E-state index is 0.0683. The number of nitrogens with zero attached hydrogens (tertiary/aromatic N) is 2. The van der Waals surface area contributed by atoms with Crippen LogP contribution in [0.4, 0.5) is 0 Å². The van der Waals surface area contributed by atoms with Gasteiger partial charge in [-0.05, 0) is 30.4 Å². The minimum atomic E-state index is -0.372. The summed E-state index contributed by atoms with van der Waals surface area (Å²) in [4.78, 5) is 16.9. The smallest absolute Gasteiger partial charge is 0.251 e. The van der Waals surface area contributed by atoms with Crippen LogP contribution in [-0.4, -0.2) is 28.1 Å². The van der Waals surface area contributed by atoms with E-state index in [4.69, 9.17) is 10.3 Å². The van der Waals surface area contributed by atoms with Gasteiger partial charge in [-0.25, -0.2) is 0 Å². The maximum Gasteiger partial charge on any atom is 0.251 e. The number of amides is 1. The van der Waals surface area contributed by atoms with Gasteiger partial charge in [-0.1, -0.05) is 51.9 Å². The van der Waals surface area contributed by atoms with E-state index < -0.39 is 0 Å². The van der Waals surface area contributed by atoms with Crippen molar-refractivity contribution in [3.8, 4) is 11.4 Å². The first-order valence-electron chi connectivity index (χ1n) is 9.16. The van der Waals surface area contributed by atoms with Gasteiger partial charge in [0.05, 0.1) is 0 Å². The quantitative estimate of drug-likeness (QED) is 0.789. The lowest BCUT2D eigenvalue weighted by atomic mass is 9.92. The van der Waals surface area contributed by atoms with E-state index in [1.165, 1.54) is 0 Å². The van der Waals surface area contributed by atoms with Crippen molar-refractivity contribution in [1.82, 2.24) is 15.5 Å². The number of benzene rings is 1. The third-order valence-corrected chi connectivity index (χ3v) is 4.54. The molecular weight excluding hydrogens is 328 g/mol. The van der Waals surface area contributed by atoms with Crippen molar-refractivity contribution in [3.63, 3.8) is 0 Å². The molecule has 1 amide bonds. The third kappa shape index (κ3) is 5.39. The summed E-state index contributed by atoms with van der Waals surface area (Å²) >= 11 is 0. The van der Waals surface area contributed by atoms with Crippen LogP contribution in [0, 0.1) is 5.41 Å². The summed E-state index contributed by atoms with van der Waals surface area (Å²) in [5.41, 5.74) is 7.26. The minimum Gasteiger partial charge on any atom is -0.350 e. The molecule has 6 heteroatoms. The van der Waals surface area contributed by atoms with Crippen molar-refractivity contribution in [2.24, 2.45) is 11.1 Å². The SMILES string of the molecule is CCC(N)(CC)CNC(=O)c1cccc(-c2noc(CC(C)(C)C)n2)c1. The Morgan fingerprint density at radius 3 is 2.54 bits per heavy atom. The summed E-state index contributed by atoms with van der Waals surface area (Å²) in [5, 5.41) is 6.97. The summed E-state index contributed by atoms with van der Waals surface area (Å²) < 4.78 is 5.34. The number of rotatable bonds is 7. The van der Waals surface area contributed by atoms with Crippen LogP contribution in [0.5, 0.6) is 0 Å². The molecule has 142 valence electrons. The number of nitrogens with one attached hydrogen (secondary N) is 1. The molecule has 0 aliphatic heterocycles. The van der Waals surface area contributed by atoms with Gasteiger partial charge in [0, 0.05) is 29.6 Å². The second-order valence-electron chi connectivity index (χ2n) is 8.08. The number of hydrogen-bond donors (Lipinski definition) is 2. The van der Waals surface area contributed by atoms with Gasteiger partial charge in [-0.15, -0.1) is 0 Å². The van der Waals surface area contributed by atoms with Crippen molar-refractivity contribution in [3.05, 3.63) is 35.7 Å². The highest BCUT2D eigenvalue weighted by Crippen LogP contribution is 2.22. The summed E-state index contributed by atoms with van der Waals surface area (Å²) in [6.07, 6.45) is 2.32. The average Bonchev–Trinajstić information content (AvgIpc) is 3.06. The van der Waals surface area contributed by atoms with Gasteiger partial charge in [0.1, 0.15) is 0 Å². The molecule has 2 aromatic rings. The van der Waals surface area contributed by atoms with Crippen molar-refractivity contribution in [2.45, 2.75) is 59.4 Å². The molecule has 26 heavy (non-hydrogen) atoms. The Balaban J connectivity index is 2.11. The standard InChI is InChI=1S/C20H30N4O2/c1-6-20(21,7-2)13-22-18(25)15-10-8-9-14(11-15)17-23-16(26-24-17)12-19(3,4)5/h8-11H,6-7,12-13,21H2,1-5H3,(H,22,25). The van der Waals surface area contributed by atoms with Crippen LogP contribution in [-0.2, 0) is 6.42 Å². The zero-order valence-corrected chi connectivity index (χ0v) is 16.4. The van der Waals surface area contributed by atoms with E-state index in [1.807, 2.05) is 26.0 Å². The number of carbonyl (C=O) groups excluding carboxylic acids is 1. The van der Waals surface area contributed by atoms with Crippen LogP contribution in [0.3, 0.4) is 0 Å². The normalized spacial score (nSPS) is 12.2. The molecular formula is C20H30N4O2. The zero-order valence-electron chi connectivity index (χ0n) is 16.4. The van der Waals surface area contributed by atoms with Gasteiger partial charge in [0.2, 0.25) is 11.7 Å². The molecule has 0 fully saturated rings. The summed E-state index contributed by atoms with van der Waals surface area (Å²) in [6, 6.07) is 7.23. The predicted octanol–water partition coefficient (Wildman–Crippen LogP) is 3.57. The van der Waals surface area contributed by atoms with Gasteiger partial charge in [0.25, 0.3) is 5.91 Å². The molecule has 0 atom stereocenters. The van der Waals surface area contributed by atoms with E-state index >= 15 is 0 Å². The van der Waals surface area contributed by atoms with E-state index in [2.05, 4.69) is 36.2 Å². The lowest BCUT2D eigenvalue weighted by Gasteiger charge is -2.26. The monoisotopic (exact) mass is 358 g/mol. The molecule has 0 aliphatic rings. The van der Waals surface area contributed by atoms with Crippen LogP contribution in [0.25, 0.3) is 11.4 Å². The zero-order chi connectivity index (χ0) is 19.4. The Bertz CT molecular complexity index is 742. The van der Waals surface area contributed by atoms with Crippen molar-refractivity contribution in [1.29, 1.82) is 0 Å². The molecule has 0 saturated heterocycles. The van der Waals surface area contributed by atoms with Gasteiger partial charge in [-0.3, -0.25) is 4.79 Å². The molecule has 0 spiro atoms. The van der Waals surface area contributed by atoms with Crippen LogP contribution in [0.15, 0.2) is 28.8 Å². The van der Waals surface area contributed by atoms with E-state index in [1.54, 1.807) is 12.1 Å². The maximum absolute atomic E-state index is 12.5. The molecule has 0 radical (unpaired) electrons. The van der Waals surface area contributed by atoms with Crippen LogP contribution in [0.1, 0.15) is 63.7 Å². The lowest BCUT2D eigenvalue weighted by molar-refractivity contribution is 0.0942. The van der Waals surface area contributed by atoms with Crippen molar-refractivity contribution < 1.29 is 9.32 Å². The Hall–Kier alpha value is -2.21.